The Labute approximate surface area is 52.3 Å². The molecule has 0 saturated carbocycles. The van der Waals surface area contributed by atoms with E-state index >= 15 is 0 Å². The van der Waals surface area contributed by atoms with Crippen molar-refractivity contribution in [2.45, 2.75) is 13.8 Å². The van der Waals surface area contributed by atoms with Crippen LogP contribution < -0.4 is 5.32 Å². The molecule has 1 nitrogen and oxygen atoms in total. The predicted octanol–water partition coefficient (Wildman–Crippen LogP) is 0.613. The van der Waals surface area contributed by atoms with Gasteiger partial charge in [-0.3, -0.25) is 0 Å². The monoisotopic (exact) mass is 137 g/mol. The van der Waals surface area contributed by atoms with Crippen LogP contribution in [-0.2, 0) is 19.5 Å². The number of rotatable bonds is 2. The van der Waals surface area contributed by atoms with E-state index in [9.17, 15) is 0 Å². The molecule has 0 unspecified atom stereocenters. The zero-order valence-electron chi connectivity index (χ0n) is 4.62. The molecule has 0 fully saturated rings. The van der Waals surface area contributed by atoms with Gasteiger partial charge in [-0.1, -0.05) is 13.8 Å². The van der Waals surface area contributed by atoms with Crippen LogP contribution in [0.3, 0.4) is 0 Å². The van der Waals surface area contributed by atoms with Crippen molar-refractivity contribution in [2.24, 2.45) is 0 Å². The third-order valence-corrected chi connectivity index (χ3v) is 0.500. The maximum absolute atomic E-state index is 3.11. The molecule has 0 aliphatic heterocycles. The van der Waals surface area contributed by atoms with E-state index in [1.807, 2.05) is 0 Å². The van der Waals surface area contributed by atoms with Gasteiger partial charge in [0.05, 0.1) is 0 Å². The molecule has 0 aromatic heterocycles. The largest absolute Gasteiger partial charge is 0.317 e. The van der Waals surface area contributed by atoms with Gasteiger partial charge in [0.1, 0.15) is 0 Å². The van der Waals surface area contributed by atoms with E-state index < -0.39 is 0 Å². The first-order valence-electron chi connectivity index (χ1n) is 2.12. The Kier molecular flexibility index (Phi) is 14.9. The predicted molar refractivity (Wildman–Crippen MR) is 24.2 cm³/mol. The maximum Gasteiger partial charge on any atom is 0 e. The Balaban J connectivity index is 0. The van der Waals surface area contributed by atoms with Crippen LogP contribution in [0.4, 0.5) is 0 Å². The van der Waals surface area contributed by atoms with Crippen LogP contribution in [0.15, 0.2) is 0 Å². The van der Waals surface area contributed by atoms with Crippen LogP contribution in [0.1, 0.15) is 13.8 Å². The summed E-state index contributed by atoms with van der Waals surface area (Å²) in [5.74, 6) is 0. The van der Waals surface area contributed by atoms with E-state index in [1.54, 1.807) is 0 Å². The zero-order chi connectivity index (χ0) is 4.12. The Morgan fingerprint density at radius 2 is 1.50 bits per heavy atom. The second-order valence-electron chi connectivity index (χ2n) is 0.957. The van der Waals surface area contributed by atoms with Crippen molar-refractivity contribution in [1.29, 1.82) is 0 Å². The Bertz CT molecular complexity index is 15.0. The van der Waals surface area contributed by atoms with Gasteiger partial charge in [0.15, 0.2) is 0 Å². The first kappa shape index (κ1) is 9.77. The van der Waals surface area contributed by atoms with Crippen LogP contribution in [-0.4, -0.2) is 13.1 Å². The van der Waals surface area contributed by atoms with Gasteiger partial charge in [-0.15, -0.1) is 0 Å². The van der Waals surface area contributed by atoms with Gasteiger partial charge >= 0.3 is 0 Å². The van der Waals surface area contributed by atoms with Crippen LogP contribution >= 0.6 is 0 Å². The summed E-state index contributed by atoms with van der Waals surface area (Å²) in [5, 5.41) is 3.11. The van der Waals surface area contributed by atoms with Crippen LogP contribution in [0.25, 0.3) is 0 Å². The summed E-state index contributed by atoms with van der Waals surface area (Å²) in [5.41, 5.74) is 0. The maximum atomic E-state index is 3.11. The quantitative estimate of drug-likeness (QED) is 0.552. The molecule has 1 N–H and O–H groups in total. The Morgan fingerprint density at radius 1 is 1.17 bits per heavy atom. The van der Waals surface area contributed by atoms with Crippen molar-refractivity contribution in [3.05, 3.63) is 0 Å². The van der Waals surface area contributed by atoms with Crippen molar-refractivity contribution in [1.82, 2.24) is 5.32 Å². The molecule has 0 aromatic carbocycles. The van der Waals surface area contributed by atoms with Crippen LogP contribution in [0.2, 0.25) is 0 Å². The summed E-state index contributed by atoms with van der Waals surface area (Å²) in [6.45, 7) is 6.39. The van der Waals surface area contributed by atoms with E-state index in [2.05, 4.69) is 19.2 Å². The summed E-state index contributed by atoms with van der Waals surface area (Å²) in [6, 6.07) is 0. The minimum atomic E-state index is 0. The molecule has 0 radical (unpaired) electrons. The molecule has 0 aromatic rings. The molecule has 0 heterocycles. The van der Waals surface area contributed by atoms with E-state index in [-0.39, 0.29) is 19.5 Å². The molecule has 0 saturated heterocycles. The minimum Gasteiger partial charge on any atom is -0.317 e. The van der Waals surface area contributed by atoms with E-state index in [0.717, 1.165) is 13.1 Å². The molecular formula is C4H11NZn. The molecule has 0 amide bonds. The molecule has 34 valence electrons. The average Bonchev–Trinajstić information content (AvgIpc) is 1.41. The summed E-state index contributed by atoms with van der Waals surface area (Å²) in [4.78, 5) is 0. The first-order valence-corrected chi connectivity index (χ1v) is 2.12. The fraction of sp³-hybridized carbons (Fsp3) is 1.00. The standard InChI is InChI=1S/C4H11N.Zn/c1-3-5-4-2;/h5H,3-4H2,1-2H3;. The fourth-order valence-corrected chi connectivity index (χ4v) is 0.250. The molecular weight excluding hydrogens is 127 g/mol. The van der Waals surface area contributed by atoms with Gasteiger partial charge in [0, 0.05) is 19.5 Å². The van der Waals surface area contributed by atoms with Crippen LogP contribution in [0, 0.1) is 0 Å². The summed E-state index contributed by atoms with van der Waals surface area (Å²) in [7, 11) is 0. The Hall–Kier alpha value is 0.583. The van der Waals surface area contributed by atoms with Gasteiger partial charge in [-0.05, 0) is 13.1 Å². The number of hydrogen-bond donors (Lipinski definition) is 1. The molecule has 0 aliphatic rings. The molecule has 0 rings (SSSR count). The third-order valence-electron chi connectivity index (χ3n) is 0.500. The third kappa shape index (κ3) is 8.82. The normalized spacial score (nSPS) is 7.00. The topological polar surface area (TPSA) is 12.0 Å². The van der Waals surface area contributed by atoms with Gasteiger partial charge < -0.3 is 5.32 Å². The van der Waals surface area contributed by atoms with Gasteiger partial charge in [-0.25, -0.2) is 0 Å². The van der Waals surface area contributed by atoms with Crippen LogP contribution in [0.5, 0.6) is 0 Å². The number of nitrogens with one attached hydrogen (secondary N) is 1. The minimum absolute atomic E-state index is 0. The van der Waals surface area contributed by atoms with Crippen molar-refractivity contribution in [2.75, 3.05) is 13.1 Å². The molecule has 0 atom stereocenters. The average molecular weight is 139 g/mol. The molecule has 0 spiro atoms. The molecule has 2 heteroatoms. The molecule has 0 bridgehead atoms. The summed E-state index contributed by atoms with van der Waals surface area (Å²) >= 11 is 0. The summed E-state index contributed by atoms with van der Waals surface area (Å²) in [6.07, 6.45) is 0. The van der Waals surface area contributed by atoms with Gasteiger partial charge in [0.25, 0.3) is 0 Å². The second kappa shape index (κ2) is 9.13. The van der Waals surface area contributed by atoms with Crippen molar-refractivity contribution in [3.8, 4) is 0 Å². The molecule has 6 heavy (non-hydrogen) atoms. The van der Waals surface area contributed by atoms with E-state index in [4.69, 9.17) is 0 Å². The van der Waals surface area contributed by atoms with Gasteiger partial charge in [0.2, 0.25) is 0 Å². The summed E-state index contributed by atoms with van der Waals surface area (Å²) < 4.78 is 0. The number of hydrogen-bond acceptors (Lipinski definition) is 1. The van der Waals surface area contributed by atoms with Crippen molar-refractivity contribution < 1.29 is 19.5 Å². The SMILES string of the molecule is CCNCC.[Zn]. The second-order valence-corrected chi connectivity index (χ2v) is 0.957. The van der Waals surface area contributed by atoms with Gasteiger partial charge in [-0.2, -0.15) is 0 Å². The fourth-order valence-electron chi connectivity index (χ4n) is 0.250. The first-order chi connectivity index (χ1) is 2.41. The van der Waals surface area contributed by atoms with E-state index in [0.29, 0.717) is 0 Å². The Morgan fingerprint density at radius 3 is 1.50 bits per heavy atom. The zero-order valence-corrected chi connectivity index (χ0v) is 7.59. The van der Waals surface area contributed by atoms with E-state index in [1.165, 1.54) is 0 Å². The van der Waals surface area contributed by atoms with Crippen molar-refractivity contribution >= 4 is 0 Å². The van der Waals surface area contributed by atoms with Crippen molar-refractivity contribution in [3.63, 3.8) is 0 Å². The molecule has 0 aliphatic carbocycles. The smallest absolute Gasteiger partial charge is 0 e.